The van der Waals surface area contributed by atoms with E-state index >= 15 is 0 Å². The second-order valence-electron chi connectivity index (χ2n) is 11.2. The molecule has 1 aromatic carbocycles. The van der Waals surface area contributed by atoms with E-state index in [0.29, 0.717) is 17.6 Å². The third kappa shape index (κ3) is 3.02. The van der Waals surface area contributed by atoms with Gasteiger partial charge in [0.2, 0.25) is 0 Å². The van der Waals surface area contributed by atoms with Crippen LogP contribution in [0.1, 0.15) is 63.1 Å². The van der Waals surface area contributed by atoms with E-state index in [1.54, 1.807) is 7.11 Å². The molecule has 1 spiro atoms. The standard InChI is InChI=1S/C26H35NO5/c1-15-17-10-21(30-3)20(28)9-16(17)5-8-27(15)13-19-18-11-23-25(2,12-22(18)32-24(19)29)6-4-7-26(23)14-31-26/h9-10,15,18-19,22-23,28H,4-8,11-14H2,1-3H3/t15-,18-,19?,22-,23?,25-,26?/m1/s1. The van der Waals surface area contributed by atoms with Gasteiger partial charge in [-0.05, 0) is 80.0 Å². The molecule has 0 bridgehead atoms. The molecule has 6 rings (SSSR count). The molecule has 174 valence electrons. The monoisotopic (exact) mass is 441 g/mol. The van der Waals surface area contributed by atoms with E-state index in [9.17, 15) is 9.90 Å². The largest absolute Gasteiger partial charge is 0.504 e. The Labute approximate surface area is 190 Å². The zero-order chi connectivity index (χ0) is 22.3. The first-order valence-electron chi connectivity index (χ1n) is 12.3. The molecule has 3 unspecified atom stereocenters. The Hall–Kier alpha value is -1.79. The lowest BCUT2D eigenvalue weighted by Gasteiger charge is -2.51. The number of nitrogens with zero attached hydrogens (tertiary/aromatic N) is 1. The van der Waals surface area contributed by atoms with Crippen LogP contribution in [0.15, 0.2) is 12.1 Å². The molecule has 5 aliphatic rings. The maximum atomic E-state index is 13.1. The molecule has 2 aliphatic carbocycles. The number of ether oxygens (including phenoxy) is 3. The Balaban J connectivity index is 1.23. The predicted octanol–water partition coefficient (Wildman–Crippen LogP) is 3.85. The summed E-state index contributed by atoms with van der Waals surface area (Å²) >= 11 is 0. The second kappa shape index (κ2) is 7.10. The van der Waals surface area contributed by atoms with Gasteiger partial charge < -0.3 is 19.3 Å². The van der Waals surface area contributed by atoms with Gasteiger partial charge in [0.05, 0.1) is 25.2 Å². The summed E-state index contributed by atoms with van der Waals surface area (Å²) in [6.07, 6.45) is 6.60. The van der Waals surface area contributed by atoms with Crippen molar-refractivity contribution in [3.63, 3.8) is 0 Å². The fraction of sp³-hybridized carbons (Fsp3) is 0.731. The average molecular weight is 442 g/mol. The number of phenolic OH excluding ortho intramolecular Hbond substituents is 1. The first-order chi connectivity index (χ1) is 15.3. The van der Waals surface area contributed by atoms with E-state index in [1.807, 2.05) is 12.1 Å². The molecule has 0 radical (unpaired) electrons. The highest BCUT2D eigenvalue weighted by Crippen LogP contribution is 2.63. The van der Waals surface area contributed by atoms with Crippen LogP contribution in [0.2, 0.25) is 0 Å². The minimum atomic E-state index is -0.0645. The van der Waals surface area contributed by atoms with Gasteiger partial charge in [-0.2, -0.15) is 0 Å². The SMILES string of the molecule is COc1cc2c(cc1O)CCN(CC1C(=O)O[C@@H]3C[C@@]4(C)CCCC5(CO5)C4C[C@H]13)[C@@H]2C. The Bertz CT molecular complexity index is 942. The van der Waals surface area contributed by atoms with Crippen molar-refractivity contribution in [2.45, 2.75) is 70.1 Å². The third-order valence-corrected chi connectivity index (χ3v) is 9.62. The van der Waals surface area contributed by atoms with E-state index in [0.717, 1.165) is 39.0 Å². The molecule has 2 saturated carbocycles. The second-order valence-corrected chi connectivity index (χ2v) is 11.2. The summed E-state index contributed by atoms with van der Waals surface area (Å²) in [5, 5.41) is 10.2. The quantitative estimate of drug-likeness (QED) is 0.568. The molecular weight excluding hydrogens is 406 g/mol. The number of methoxy groups -OCH3 is 1. The number of carbonyl (C=O) groups excluding carboxylic acids is 1. The van der Waals surface area contributed by atoms with Crippen molar-refractivity contribution in [1.82, 2.24) is 4.90 Å². The lowest BCUT2D eigenvalue weighted by Crippen LogP contribution is -2.51. The van der Waals surface area contributed by atoms with E-state index in [-0.39, 0.29) is 40.8 Å². The van der Waals surface area contributed by atoms with E-state index in [2.05, 4.69) is 18.7 Å². The molecule has 3 aliphatic heterocycles. The van der Waals surface area contributed by atoms with E-state index in [4.69, 9.17) is 14.2 Å². The number of aromatic hydroxyl groups is 1. The van der Waals surface area contributed by atoms with Gasteiger partial charge in [-0.3, -0.25) is 9.69 Å². The van der Waals surface area contributed by atoms with E-state index < -0.39 is 0 Å². The zero-order valence-electron chi connectivity index (χ0n) is 19.4. The van der Waals surface area contributed by atoms with Crippen molar-refractivity contribution in [1.29, 1.82) is 0 Å². The molecule has 3 heterocycles. The van der Waals surface area contributed by atoms with Crippen LogP contribution in [-0.4, -0.2) is 54.5 Å². The number of rotatable bonds is 3. The van der Waals surface area contributed by atoms with Gasteiger partial charge in [0, 0.05) is 25.0 Å². The van der Waals surface area contributed by atoms with Gasteiger partial charge in [0.15, 0.2) is 11.5 Å². The van der Waals surface area contributed by atoms with Crippen molar-refractivity contribution in [3.8, 4) is 11.5 Å². The highest BCUT2D eigenvalue weighted by Gasteiger charge is 2.65. The molecular formula is C26H35NO5. The van der Waals surface area contributed by atoms with Crippen LogP contribution in [0.4, 0.5) is 0 Å². The van der Waals surface area contributed by atoms with Crippen LogP contribution in [-0.2, 0) is 20.7 Å². The molecule has 1 N–H and O–H groups in total. The predicted molar refractivity (Wildman–Crippen MR) is 119 cm³/mol. The third-order valence-electron chi connectivity index (χ3n) is 9.62. The number of carbonyl (C=O) groups is 1. The topological polar surface area (TPSA) is 71.5 Å². The van der Waals surface area contributed by atoms with Crippen molar-refractivity contribution in [2.75, 3.05) is 26.8 Å². The summed E-state index contributed by atoms with van der Waals surface area (Å²) in [5.41, 5.74) is 2.68. The fourth-order valence-corrected chi connectivity index (χ4v) is 7.72. The first kappa shape index (κ1) is 20.8. The summed E-state index contributed by atoms with van der Waals surface area (Å²) in [6, 6.07) is 3.96. The highest BCUT2D eigenvalue weighted by atomic mass is 16.6. The normalized spacial score (nSPS) is 42.7. The lowest BCUT2D eigenvalue weighted by molar-refractivity contribution is -0.147. The number of benzene rings is 1. The molecule has 6 heteroatoms. The number of esters is 1. The summed E-state index contributed by atoms with van der Waals surface area (Å²) in [7, 11) is 1.58. The van der Waals surface area contributed by atoms with Crippen LogP contribution in [0.3, 0.4) is 0 Å². The number of epoxide rings is 1. The maximum absolute atomic E-state index is 13.1. The molecule has 4 fully saturated rings. The molecule has 32 heavy (non-hydrogen) atoms. The van der Waals surface area contributed by atoms with Crippen LogP contribution in [0, 0.1) is 23.2 Å². The van der Waals surface area contributed by atoms with Crippen molar-refractivity contribution >= 4 is 5.97 Å². The van der Waals surface area contributed by atoms with Crippen LogP contribution < -0.4 is 4.74 Å². The van der Waals surface area contributed by atoms with Gasteiger partial charge in [0.25, 0.3) is 0 Å². The van der Waals surface area contributed by atoms with Crippen molar-refractivity contribution in [2.24, 2.45) is 23.2 Å². The number of hydrogen-bond donors (Lipinski definition) is 1. The van der Waals surface area contributed by atoms with Crippen LogP contribution in [0.5, 0.6) is 11.5 Å². The highest BCUT2D eigenvalue weighted by molar-refractivity contribution is 5.75. The average Bonchev–Trinajstić information content (AvgIpc) is 3.46. The minimum Gasteiger partial charge on any atom is -0.504 e. The fourth-order valence-electron chi connectivity index (χ4n) is 7.72. The molecule has 0 aromatic heterocycles. The van der Waals surface area contributed by atoms with Crippen LogP contribution >= 0.6 is 0 Å². The molecule has 1 aromatic rings. The van der Waals surface area contributed by atoms with Gasteiger partial charge in [-0.1, -0.05) is 6.92 Å². The maximum Gasteiger partial charge on any atom is 0.310 e. The molecule has 6 nitrogen and oxygen atoms in total. The Morgan fingerprint density at radius 3 is 2.88 bits per heavy atom. The molecule has 7 atom stereocenters. The van der Waals surface area contributed by atoms with Gasteiger partial charge in [-0.15, -0.1) is 0 Å². The molecule has 2 saturated heterocycles. The van der Waals surface area contributed by atoms with Crippen LogP contribution in [0.25, 0.3) is 0 Å². The first-order valence-corrected chi connectivity index (χ1v) is 12.3. The smallest absolute Gasteiger partial charge is 0.310 e. The summed E-state index contributed by atoms with van der Waals surface area (Å²) < 4.78 is 17.4. The molecule has 0 amide bonds. The van der Waals surface area contributed by atoms with E-state index in [1.165, 1.54) is 30.4 Å². The Morgan fingerprint density at radius 2 is 2.12 bits per heavy atom. The van der Waals surface area contributed by atoms with Crippen molar-refractivity contribution in [3.05, 3.63) is 23.3 Å². The van der Waals surface area contributed by atoms with Gasteiger partial charge in [0.1, 0.15) is 6.10 Å². The number of fused-ring (bicyclic) bond motifs is 4. The number of hydrogen-bond acceptors (Lipinski definition) is 6. The Kier molecular flexibility index (Phi) is 4.61. The van der Waals surface area contributed by atoms with Gasteiger partial charge >= 0.3 is 5.97 Å². The van der Waals surface area contributed by atoms with Crippen molar-refractivity contribution < 1.29 is 24.1 Å². The minimum absolute atomic E-state index is 0.00528. The summed E-state index contributed by atoms with van der Waals surface area (Å²) in [6.45, 7) is 7.12. The summed E-state index contributed by atoms with van der Waals surface area (Å²) in [4.78, 5) is 15.5. The Morgan fingerprint density at radius 1 is 1.31 bits per heavy atom. The summed E-state index contributed by atoms with van der Waals surface area (Å²) in [5.74, 6) is 1.48. The number of phenols is 1. The lowest BCUT2D eigenvalue weighted by atomic mass is 9.53. The van der Waals surface area contributed by atoms with Gasteiger partial charge in [-0.25, -0.2) is 0 Å². The zero-order valence-corrected chi connectivity index (χ0v) is 19.4.